The number of alkyl halides is 3. The predicted octanol–water partition coefficient (Wildman–Crippen LogP) is 3.82. The quantitative estimate of drug-likeness (QED) is 0.756. The maximum Gasteiger partial charge on any atom is 0.416 e. The Hall–Kier alpha value is -2.75. The lowest BCUT2D eigenvalue weighted by Crippen LogP contribution is -2.45. The molecule has 0 heterocycles. The maximum atomic E-state index is 13.0. The van der Waals surface area contributed by atoms with E-state index in [0.717, 1.165) is 24.0 Å². The molecule has 0 fully saturated rings. The van der Waals surface area contributed by atoms with Crippen molar-refractivity contribution < 1.29 is 31.1 Å². The van der Waals surface area contributed by atoms with Crippen LogP contribution in [0.15, 0.2) is 42.5 Å². The number of amides is 1. The molecule has 6 nitrogen and oxygen atoms in total. The van der Waals surface area contributed by atoms with Crippen LogP contribution in [0.25, 0.3) is 0 Å². The summed E-state index contributed by atoms with van der Waals surface area (Å²) in [6.45, 7) is 3.09. The summed E-state index contributed by atoms with van der Waals surface area (Å²) >= 11 is 0. The molecule has 0 aromatic heterocycles. The van der Waals surface area contributed by atoms with E-state index in [-0.39, 0.29) is 5.69 Å². The van der Waals surface area contributed by atoms with Gasteiger partial charge in [-0.05, 0) is 49.7 Å². The molecule has 0 radical (unpaired) electrons. The van der Waals surface area contributed by atoms with Gasteiger partial charge in [-0.1, -0.05) is 12.1 Å². The average Bonchev–Trinajstić information content (AvgIpc) is 2.60. The van der Waals surface area contributed by atoms with Gasteiger partial charge in [0.25, 0.3) is 0 Å². The van der Waals surface area contributed by atoms with E-state index in [1.165, 1.54) is 20.1 Å². The summed E-state index contributed by atoms with van der Waals surface area (Å²) in [7, 11) is -2.65. The Bertz CT molecular complexity index is 1010. The van der Waals surface area contributed by atoms with E-state index in [2.05, 4.69) is 5.32 Å². The summed E-state index contributed by atoms with van der Waals surface area (Å²) < 4.78 is 69.5. The molecule has 1 atom stereocenters. The minimum atomic E-state index is -4.65. The molecule has 1 amide bonds. The van der Waals surface area contributed by atoms with Crippen molar-refractivity contribution in [2.75, 3.05) is 23.0 Å². The van der Waals surface area contributed by atoms with Gasteiger partial charge >= 0.3 is 6.18 Å². The molecular formula is C19H21F3N2O4S. The third kappa shape index (κ3) is 5.41. The lowest BCUT2D eigenvalue weighted by atomic mass is 10.1. The van der Waals surface area contributed by atoms with E-state index in [0.29, 0.717) is 21.8 Å². The number of carbonyl (C=O) groups excluding carboxylic acids is 1. The Balaban J connectivity index is 2.42. The van der Waals surface area contributed by atoms with Gasteiger partial charge in [-0.15, -0.1) is 0 Å². The average molecular weight is 430 g/mol. The summed E-state index contributed by atoms with van der Waals surface area (Å²) in [6, 6.07) is 7.53. The summed E-state index contributed by atoms with van der Waals surface area (Å²) in [5, 5.41) is 2.58. The molecule has 2 aromatic rings. The van der Waals surface area contributed by atoms with E-state index in [4.69, 9.17) is 4.74 Å². The first-order valence-electron chi connectivity index (χ1n) is 8.46. The first-order valence-corrected chi connectivity index (χ1v) is 10.3. The van der Waals surface area contributed by atoms with Crippen molar-refractivity contribution in [3.8, 4) is 5.75 Å². The van der Waals surface area contributed by atoms with Crippen LogP contribution in [0.4, 0.5) is 24.5 Å². The van der Waals surface area contributed by atoms with Crippen molar-refractivity contribution in [1.29, 1.82) is 0 Å². The Labute approximate surface area is 167 Å². The van der Waals surface area contributed by atoms with E-state index >= 15 is 0 Å². The Kier molecular flexibility index (Phi) is 6.46. The standard InChI is InChI=1S/C19H21F3N2O4S/c1-12-8-9-17(28-3)16(10-12)23-18(25)13(2)24(29(4,26)27)15-7-5-6-14(11-15)19(20,21)22/h5-11,13H,1-4H3,(H,23,25). The topological polar surface area (TPSA) is 75.7 Å². The molecule has 0 spiro atoms. The highest BCUT2D eigenvalue weighted by atomic mass is 32.2. The van der Waals surface area contributed by atoms with Gasteiger partial charge in [0.15, 0.2) is 0 Å². The van der Waals surface area contributed by atoms with Crippen molar-refractivity contribution in [2.24, 2.45) is 0 Å². The molecule has 0 aliphatic heterocycles. The van der Waals surface area contributed by atoms with Gasteiger partial charge < -0.3 is 10.1 Å². The van der Waals surface area contributed by atoms with Crippen LogP contribution in [0.2, 0.25) is 0 Å². The second kappa shape index (κ2) is 8.32. The van der Waals surface area contributed by atoms with Gasteiger partial charge in [-0.3, -0.25) is 9.10 Å². The molecule has 29 heavy (non-hydrogen) atoms. The summed E-state index contributed by atoms with van der Waals surface area (Å²) in [5.74, 6) is -0.363. The molecule has 2 aromatic carbocycles. The molecule has 0 saturated carbocycles. The number of hydrogen-bond acceptors (Lipinski definition) is 4. The predicted molar refractivity (Wildman–Crippen MR) is 105 cm³/mol. The number of nitrogens with zero attached hydrogens (tertiary/aromatic N) is 1. The minimum Gasteiger partial charge on any atom is -0.495 e. The van der Waals surface area contributed by atoms with E-state index in [9.17, 15) is 26.4 Å². The highest BCUT2D eigenvalue weighted by Gasteiger charge is 2.34. The largest absolute Gasteiger partial charge is 0.495 e. The monoisotopic (exact) mass is 430 g/mol. The SMILES string of the molecule is COc1ccc(C)cc1NC(=O)C(C)N(c1cccc(C(F)(F)F)c1)S(C)(=O)=O. The molecule has 0 aliphatic carbocycles. The molecule has 0 bridgehead atoms. The van der Waals surface area contributed by atoms with E-state index in [1.807, 2.05) is 0 Å². The zero-order valence-electron chi connectivity index (χ0n) is 16.2. The fourth-order valence-electron chi connectivity index (χ4n) is 2.78. The van der Waals surface area contributed by atoms with Crippen LogP contribution in [-0.4, -0.2) is 33.7 Å². The number of anilines is 2. The number of sulfonamides is 1. The minimum absolute atomic E-state index is 0.263. The second-order valence-electron chi connectivity index (χ2n) is 6.48. The first kappa shape index (κ1) is 22.5. The van der Waals surface area contributed by atoms with Gasteiger partial charge in [0.1, 0.15) is 11.8 Å². The zero-order valence-corrected chi connectivity index (χ0v) is 17.1. The number of aryl methyl sites for hydroxylation is 1. The first-order chi connectivity index (χ1) is 13.3. The van der Waals surface area contributed by atoms with E-state index < -0.39 is 33.7 Å². The smallest absolute Gasteiger partial charge is 0.416 e. The number of halogens is 3. The van der Waals surface area contributed by atoms with Gasteiger partial charge in [0, 0.05) is 0 Å². The highest BCUT2D eigenvalue weighted by Crippen LogP contribution is 2.33. The van der Waals surface area contributed by atoms with Crippen molar-refractivity contribution in [3.05, 3.63) is 53.6 Å². The van der Waals surface area contributed by atoms with Crippen LogP contribution in [-0.2, 0) is 21.0 Å². The van der Waals surface area contributed by atoms with Gasteiger partial charge in [0.05, 0.1) is 30.3 Å². The van der Waals surface area contributed by atoms with E-state index in [1.54, 1.807) is 25.1 Å². The van der Waals surface area contributed by atoms with Gasteiger partial charge in [0.2, 0.25) is 15.9 Å². The van der Waals surface area contributed by atoms with Crippen LogP contribution in [0.3, 0.4) is 0 Å². The second-order valence-corrected chi connectivity index (χ2v) is 8.34. The lowest BCUT2D eigenvalue weighted by molar-refractivity contribution is -0.137. The van der Waals surface area contributed by atoms with Crippen molar-refractivity contribution in [3.63, 3.8) is 0 Å². The van der Waals surface area contributed by atoms with Crippen molar-refractivity contribution in [1.82, 2.24) is 0 Å². The molecule has 0 aliphatic rings. The van der Waals surface area contributed by atoms with Gasteiger partial charge in [-0.2, -0.15) is 13.2 Å². The van der Waals surface area contributed by atoms with Crippen LogP contribution < -0.4 is 14.4 Å². The number of ether oxygens (including phenoxy) is 1. The van der Waals surface area contributed by atoms with Crippen molar-refractivity contribution >= 4 is 27.3 Å². The Morgan fingerprint density at radius 3 is 2.38 bits per heavy atom. The van der Waals surface area contributed by atoms with Crippen LogP contribution in [0.5, 0.6) is 5.75 Å². The number of benzene rings is 2. The number of methoxy groups -OCH3 is 1. The highest BCUT2D eigenvalue weighted by molar-refractivity contribution is 7.92. The summed E-state index contributed by atoms with van der Waals surface area (Å²) in [6.07, 6.45) is -3.83. The summed E-state index contributed by atoms with van der Waals surface area (Å²) in [4.78, 5) is 12.7. The number of nitrogens with one attached hydrogen (secondary N) is 1. The van der Waals surface area contributed by atoms with Crippen LogP contribution in [0, 0.1) is 6.92 Å². The molecule has 2 rings (SSSR count). The molecule has 0 saturated heterocycles. The van der Waals surface area contributed by atoms with Crippen LogP contribution in [0.1, 0.15) is 18.1 Å². The van der Waals surface area contributed by atoms with Crippen molar-refractivity contribution in [2.45, 2.75) is 26.1 Å². The third-order valence-electron chi connectivity index (χ3n) is 4.13. The third-order valence-corrected chi connectivity index (χ3v) is 5.37. The molecular weight excluding hydrogens is 409 g/mol. The molecule has 10 heteroatoms. The fraction of sp³-hybridized carbons (Fsp3) is 0.316. The Morgan fingerprint density at radius 1 is 1.17 bits per heavy atom. The fourth-order valence-corrected chi connectivity index (χ4v) is 3.95. The van der Waals surface area contributed by atoms with Crippen LogP contribution >= 0.6 is 0 Å². The number of carbonyl (C=O) groups is 1. The maximum absolute atomic E-state index is 13.0. The summed E-state index contributed by atoms with van der Waals surface area (Å²) in [5.41, 5.74) is -0.133. The lowest BCUT2D eigenvalue weighted by Gasteiger charge is -2.29. The van der Waals surface area contributed by atoms with Gasteiger partial charge in [-0.25, -0.2) is 8.42 Å². The molecule has 158 valence electrons. The zero-order chi connectivity index (χ0) is 22.0. The number of hydrogen-bond donors (Lipinski definition) is 1. The normalized spacial score (nSPS) is 12.9. The number of rotatable bonds is 6. The molecule has 1 unspecified atom stereocenters. The Morgan fingerprint density at radius 2 is 1.83 bits per heavy atom. The molecule has 1 N–H and O–H groups in total.